The van der Waals surface area contributed by atoms with E-state index in [1.54, 1.807) is 7.11 Å². The Morgan fingerprint density at radius 3 is 2.30 bits per heavy atom. The second-order valence-corrected chi connectivity index (χ2v) is 7.04. The first-order valence-electron chi connectivity index (χ1n) is 8.63. The van der Waals surface area contributed by atoms with E-state index in [1.807, 2.05) is 0 Å². The standard InChI is InChI=1S/C18H34O2/c1-16(2)11-7-4-5-8-12-17(19)18(15-20-3)13-9-6-10-14-18/h16H,4-15H2,1-3H3. The summed E-state index contributed by atoms with van der Waals surface area (Å²) in [6.07, 6.45) is 12.7. The number of carbonyl (C=O) groups excluding carboxylic acids is 1. The minimum absolute atomic E-state index is 0.134. The van der Waals surface area contributed by atoms with Gasteiger partial charge in [0, 0.05) is 13.5 Å². The molecule has 0 radical (unpaired) electrons. The first-order valence-corrected chi connectivity index (χ1v) is 8.63. The van der Waals surface area contributed by atoms with Gasteiger partial charge in [0.15, 0.2) is 0 Å². The van der Waals surface area contributed by atoms with Gasteiger partial charge < -0.3 is 4.74 Å². The summed E-state index contributed by atoms with van der Waals surface area (Å²) < 4.78 is 5.36. The maximum atomic E-state index is 12.6. The van der Waals surface area contributed by atoms with Crippen molar-refractivity contribution >= 4 is 5.78 Å². The molecule has 2 nitrogen and oxygen atoms in total. The molecule has 0 aromatic heterocycles. The molecule has 1 aliphatic rings. The number of Topliss-reactive ketones (excluding diaryl/α,β-unsaturated/α-hetero) is 1. The number of carbonyl (C=O) groups is 1. The fraction of sp³-hybridized carbons (Fsp3) is 0.944. The number of hydrogen-bond acceptors (Lipinski definition) is 2. The first kappa shape index (κ1) is 17.7. The molecule has 0 unspecified atom stereocenters. The zero-order chi connectivity index (χ0) is 14.8. The fourth-order valence-electron chi connectivity index (χ4n) is 3.47. The molecule has 0 aromatic rings. The van der Waals surface area contributed by atoms with Gasteiger partial charge in [0.1, 0.15) is 5.78 Å². The monoisotopic (exact) mass is 282 g/mol. The Bertz CT molecular complexity index is 259. The van der Waals surface area contributed by atoms with Crippen molar-refractivity contribution < 1.29 is 9.53 Å². The van der Waals surface area contributed by atoms with Gasteiger partial charge in [-0.2, -0.15) is 0 Å². The topological polar surface area (TPSA) is 26.3 Å². The molecule has 0 spiro atoms. The Labute approximate surface area is 125 Å². The van der Waals surface area contributed by atoms with E-state index in [2.05, 4.69) is 13.8 Å². The second kappa shape index (κ2) is 9.55. The van der Waals surface area contributed by atoms with Crippen molar-refractivity contribution in [3.05, 3.63) is 0 Å². The van der Waals surface area contributed by atoms with Crippen LogP contribution in [0.5, 0.6) is 0 Å². The van der Waals surface area contributed by atoms with Crippen LogP contribution >= 0.6 is 0 Å². The van der Waals surface area contributed by atoms with E-state index in [0.29, 0.717) is 12.4 Å². The molecule has 2 heteroatoms. The predicted octanol–water partition coefficient (Wildman–Crippen LogP) is 5.15. The van der Waals surface area contributed by atoms with Gasteiger partial charge in [-0.1, -0.05) is 58.8 Å². The Morgan fingerprint density at radius 2 is 1.70 bits per heavy atom. The van der Waals surface area contributed by atoms with Crippen LogP contribution in [0.1, 0.15) is 84.5 Å². The Balaban J connectivity index is 2.25. The number of hydrogen-bond donors (Lipinski definition) is 0. The van der Waals surface area contributed by atoms with Crippen molar-refractivity contribution in [2.24, 2.45) is 11.3 Å². The molecule has 0 bridgehead atoms. The lowest BCUT2D eigenvalue weighted by atomic mass is 9.70. The molecule has 0 aliphatic heterocycles. The zero-order valence-electron chi connectivity index (χ0n) is 13.9. The SMILES string of the molecule is COCC1(C(=O)CCCCCCC(C)C)CCCCC1. The highest BCUT2D eigenvalue weighted by Crippen LogP contribution is 2.38. The third-order valence-corrected chi connectivity index (χ3v) is 4.76. The molecule has 1 fully saturated rings. The molecular weight excluding hydrogens is 248 g/mol. The van der Waals surface area contributed by atoms with Crippen molar-refractivity contribution in [2.45, 2.75) is 84.5 Å². The Kier molecular flexibility index (Phi) is 8.44. The lowest BCUT2D eigenvalue weighted by Gasteiger charge is -2.35. The van der Waals surface area contributed by atoms with Crippen molar-refractivity contribution in [3.63, 3.8) is 0 Å². The highest BCUT2D eigenvalue weighted by atomic mass is 16.5. The van der Waals surface area contributed by atoms with Crippen molar-refractivity contribution in [3.8, 4) is 0 Å². The molecule has 118 valence electrons. The molecule has 0 atom stereocenters. The average molecular weight is 282 g/mol. The van der Waals surface area contributed by atoms with Gasteiger partial charge in [0.25, 0.3) is 0 Å². The summed E-state index contributed by atoms with van der Waals surface area (Å²) in [5.74, 6) is 1.28. The third kappa shape index (κ3) is 5.95. The Hall–Kier alpha value is -0.370. The summed E-state index contributed by atoms with van der Waals surface area (Å²) >= 11 is 0. The number of ether oxygens (including phenoxy) is 1. The maximum absolute atomic E-state index is 12.6. The zero-order valence-corrected chi connectivity index (χ0v) is 13.9. The molecule has 1 aliphatic carbocycles. The lowest BCUT2D eigenvalue weighted by molar-refractivity contribution is -0.134. The number of unbranched alkanes of at least 4 members (excludes halogenated alkanes) is 3. The van der Waals surface area contributed by atoms with E-state index in [0.717, 1.165) is 31.6 Å². The van der Waals surface area contributed by atoms with E-state index in [9.17, 15) is 4.79 Å². The molecule has 0 aromatic carbocycles. The number of methoxy groups -OCH3 is 1. The smallest absolute Gasteiger partial charge is 0.141 e. The minimum atomic E-state index is -0.134. The van der Waals surface area contributed by atoms with Crippen LogP contribution in [-0.4, -0.2) is 19.5 Å². The summed E-state index contributed by atoms with van der Waals surface area (Å²) in [5, 5.41) is 0. The van der Waals surface area contributed by atoms with Crippen LogP contribution in [-0.2, 0) is 9.53 Å². The van der Waals surface area contributed by atoms with E-state index in [1.165, 1.54) is 44.9 Å². The summed E-state index contributed by atoms with van der Waals surface area (Å²) in [7, 11) is 1.73. The number of rotatable bonds is 10. The van der Waals surface area contributed by atoms with Gasteiger partial charge in [-0.25, -0.2) is 0 Å². The lowest BCUT2D eigenvalue weighted by Crippen LogP contribution is -2.37. The molecule has 0 N–H and O–H groups in total. The van der Waals surface area contributed by atoms with E-state index < -0.39 is 0 Å². The third-order valence-electron chi connectivity index (χ3n) is 4.76. The predicted molar refractivity (Wildman–Crippen MR) is 84.9 cm³/mol. The van der Waals surface area contributed by atoms with Gasteiger partial charge in [-0.15, -0.1) is 0 Å². The molecule has 1 rings (SSSR count). The van der Waals surface area contributed by atoms with E-state index in [-0.39, 0.29) is 5.41 Å². The molecule has 20 heavy (non-hydrogen) atoms. The molecule has 0 heterocycles. The van der Waals surface area contributed by atoms with Gasteiger partial charge in [0.05, 0.1) is 12.0 Å². The highest BCUT2D eigenvalue weighted by Gasteiger charge is 2.38. The molecule has 1 saturated carbocycles. The van der Waals surface area contributed by atoms with Gasteiger partial charge in [-0.3, -0.25) is 4.79 Å². The summed E-state index contributed by atoms with van der Waals surface area (Å²) in [6.45, 7) is 5.20. The normalized spacial score (nSPS) is 18.4. The van der Waals surface area contributed by atoms with Crippen molar-refractivity contribution in [1.29, 1.82) is 0 Å². The summed E-state index contributed by atoms with van der Waals surface area (Å²) in [5.41, 5.74) is -0.134. The van der Waals surface area contributed by atoms with Crippen molar-refractivity contribution in [2.75, 3.05) is 13.7 Å². The molecular formula is C18H34O2. The van der Waals surface area contributed by atoms with Crippen LogP contribution < -0.4 is 0 Å². The van der Waals surface area contributed by atoms with Crippen LogP contribution in [0.4, 0.5) is 0 Å². The van der Waals surface area contributed by atoms with Crippen LogP contribution in [0.15, 0.2) is 0 Å². The second-order valence-electron chi connectivity index (χ2n) is 7.04. The van der Waals surface area contributed by atoms with Crippen LogP contribution in [0.3, 0.4) is 0 Å². The van der Waals surface area contributed by atoms with E-state index >= 15 is 0 Å². The quantitative estimate of drug-likeness (QED) is 0.518. The first-order chi connectivity index (χ1) is 9.60. The largest absolute Gasteiger partial charge is 0.384 e. The Morgan fingerprint density at radius 1 is 1.05 bits per heavy atom. The molecule has 0 amide bonds. The number of ketones is 1. The van der Waals surface area contributed by atoms with Crippen LogP contribution in [0, 0.1) is 11.3 Å². The average Bonchev–Trinajstić information content (AvgIpc) is 2.43. The van der Waals surface area contributed by atoms with Gasteiger partial charge in [-0.05, 0) is 25.2 Å². The van der Waals surface area contributed by atoms with Gasteiger partial charge >= 0.3 is 0 Å². The summed E-state index contributed by atoms with van der Waals surface area (Å²) in [6, 6.07) is 0. The minimum Gasteiger partial charge on any atom is -0.384 e. The van der Waals surface area contributed by atoms with Crippen molar-refractivity contribution in [1.82, 2.24) is 0 Å². The maximum Gasteiger partial charge on any atom is 0.141 e. The fourth-order valence-corrected chi connectivity index (χ4v) is 3.47. The van der Waals surface area contributed by atoms with Crippen LogP contribution in [0.2, 0.25) is 0 Å². The van der Waals surface area contributed by atoms with Crippen LogP contribution in [0.25, 0.3) is 0 Å². The van der Waals surface area contributed by atoms with E-state index in [4.69, 9.17) is 4.74 Å². The summed E-state index contributed by atoms with van der Waals surface area (Å²) in [4.78, 5) is 12.6. The molecule has 0 saturated heterocycles. The van der Waals surface area contributed by atoms with Gasteiger partial charge in [0.2, 0.25) is 0 Å². The highest BCUT2D eigenvalue weighted by molar-refractivity contribution is 5.85.